The van der Waals surface area contributed by atoms with E-state index in [2.05, 4.69) is 37.0 Å². The molecule has 0 radical (unpaired) electrons. The number of nitrogens with two attached hydrogens (primary N) is 1. The van der Waals surface area contributed by atoms with Gasteiger partial charge in [-0.25, -0.2) is 4.98 Å². The summed E-state index contributed by atoms with van der Waals surface area (Å²) in [7, 11) is 0. The number of benzene rings is 1. The second-order valence-corrected chi connectivity index (χ2v) is 9.74. The topological polar surface area (TPSA) is 103 Å². The van der Waals surface area contributed by atoms with Gasteiger partial charge in [0.1, 0.15) is 5.03 Å². The van der Waals surface area contributed by atoms with E-state index in [1.54, 1.807) is 24.8 Å². The quantitative estimate of drug-likeness (QED) is 0.615. The molecule has 2 aliphatic heterocycles. The minimum atomic E-state index is 0.0734. The molecular weight excluding hydrogens is 446 g/mol. The van der Waals surface area contributed by atoms with Gasteiger partial charge in [-0.1, -0.05) is 35.5 Å². The first-order chi connectivity index (χ1) is 15.6. The van der Waals surface area contributed by atoms with Gasteiger partial charge in [-0.05, 0) is 25.8 Å². The Kier molecular flexibility index (Phi) is 5.98. The molecule has 0 bridgehead atoms. The second kappa shape index (κ2) is 8.90. The van der Waals surface area contributed by atoms with Gasteiger partial charge in [0.25, 0.3) is 0 Å². The van der Waals surface area contributed by atoms with E-state index in [0.29, 0.717) is 16.0 Å². The van der Waals surface area contributed by atoms with E-state index in [-0.39, 0.29) is 17.6 Å². The molecule has 5 rings (SSSR count). The lowest BCUT2D eigenvalue weighted by Gasteiger charge is -2.41. The highest BCUT2D eigenvalue weighted by Crippen LogP contribution is 2.42. The molecule has 1 spiro atoms. The van der Waals surface area contributed by atoms with Gasteiger partial charge in [-0.3, -0.25) is 9.97 Å². The number of hydrogen-bond acceptors (Lipinski definition) is 9. The number of rotatable bonds is 4. The first kappa shape index (κ1) is 21.5. The van der Waals surface area contributed by atoms with Crippen molar-refractivity contribution in [2.75, 3.05) is 24.6 Å². The predicted molar refractivity (Wildman–Crippen MR) is 124 cm³/mol. The van der Waals surface area contributed by atoms with Crippen LogP contribution < -0.4 is 10.6 Å². The number of aromatic nitrogens is 5. The van der Waals surface area contributed by atoms with Crippen LogP contribution in [0.1, 0.15) is 19.8 Å². The molecule has 8 nitrogen and oxygen atoms in total. The molecular formula is C22H24ClN7OS. The maximum Gasteiger partial charge on any atom is 0.245 e. The fourth-order valence-electron chi connectivity index (χ4n) is 4.41. The first-order valence-corrected chi connectivity index (χ1v) is 11.8. The van der Waals surface area contributed by atoms with Crippen molar-refractivity contribution in [2.45, 2.75) is 41.8 Å². The van der Waals surface area contributed by atoms with Crippen molar-refractivity contribution in [1.29, 1.82) is 0 Å². The Hall–Kier alpha value is -2.33. The zero-order valence-corrected chi connectivity index (χ0v) is 19.3. The lowest BCUT2D eigenvalue weighted by Crippen LogP contribution is -2.51. The monoisotopic (exact) mass is 469 g/mol. The van der Waals surface area contributed by atoms with Crippen LogP contribution in [0.5, 0.6) is 0 Å². The van der Waals surface area contributed by atoms with Crippen molar-refractivity contribution >= 4 is 29.3 Å². The van der Waals surface area contributed by atoms with Gasteiger partial charge in [0.05, 0.1) is 35.8 Å². The average Bonchev–Trinajstić information content (AvgIpc) is 3.10. The summed E-state index contributed by atoms with van der Waals surface area (Å²) in [6, 6.07) is 5.90. The molecule has 2 aromatic heterocycles. The lowest BCUT2D eigenvalue weighted by atomic mass is 9.73. The van der Waals surface area contributed by atoms with Gasteiger partial charge >= 0.3 is 0 Å². The Morgan fingerprint density at radius 1 is 1.16 bits per heavy atom. The third kappa shape index (κ3) is 4.05. The van der Waals surface area contributed by atoms with Crippen LogP contribution in [0.3, 0.4) is 0 Å². The number of anilines is 1. The molecule has 0 unspecified atom stereocenters. The maximum absolute atomic E-state index is 6.64. The van der Waals surface area contributed by atoms with Crippen LogP contribution >= 0.6 is 23.4 Å². The summed E-state index contributed by atoms with van der Waals surface area (Å²) >= 11 is 8.07. The number of ether oxygens (including phenoxy) is 1. The van der Waals surface area contributed by atoms with Crippen LogP contribution in [0.15, 0.2) is 52.9 Å². The smallest absolute Gasteiger partial charge is 0.245 e. The predicted octanol–water partition coefficient (Wildman–Crippen LogP) is 3.47. The van der Waals surface area contributed by atoms with E-state index in [9.17, 15) is 0 Å². The molecule has 0 aliphatic carbocycles. The molecule has 32 heavy (non-hydrogen) atoms. The normalized spacial score (nSPS) is 22.4. The number of nitrogens with zero attached hydrogens (tertiary/aromatic N) is 6. The van der Waals surface area contributed by atoms with Crippen LogP contribution in [0.25, 0.3) is 11.3 Å². The van der Waals surface area contributed by atoms with Crippen molar-refractivity contribution in [3.8, 4) is 11.3 Å². The zero-order chi connectivity index (χ0) is 22.1. The third-order valence-electron chi connectivity index (χ3n) is 6.43. The fourth-order valence-corrected chi connectivity index (χ4v) is 5.51. The molecule has 1 aromatic carbocycles. The molecule has 2 aliphatic rings. The highest BCUT2D eigenvalue weighted by molar-refractivity contribution is 7.99. The maximum atomic E-state index is 6.64. The third-order valence-corrected chi connectivity index (χ3v) is 7.91. The van der Waals surface area contributed by atoms with Gasteiger partial charge in [0.2, 0.25) is 5.95 Å². The Balaban J connectivity index is 1.26. The van der Waals surface area contributed by atoms with Crippen molar-refractivity contribution in [3.63, 3.8) is 0 Å². The summed E-state index contributed by atoms with van der Waals surface area (Å²) in [6.45, 7) is 4.50. The first-order valence-electron chi connectivity index (χ1n) is 10.6. The summed E-state index contributed by atoms with van der Waals surface area (Å²) < 4.78 is 5.81. The molecule has 2 saturated heterocycles. The van der Waals surface area contributed by atoms with Crippen LogP contribution in [-0.4, -0.2) is 57.0 Å². The molecule has 3 aromatic rings. The number of piperidine rings is 1. The summed E-state index contributed by atoms with van der Waals surface area (Å²) in [5, 5.41) is 10.0. The molecule has 4 heterocycles. The summed E-state index contributed by atoms with van der Waals surface area (Å²) in [6.07, 6.45) is 8.80. The minimum absolute atomic E-state index is 0.0734. The Morgan fingerprint density at radius 3 is 2.66 bits per heavy atom. The van der Waals surface area contributed by atoms with E-state index in [1.807, 2.05) is 18.2 Å². The summed E-state index contributed by atoms with van der Waals surface area (Å²) in [5.74, 6) is 0.643. The van der Waals surface area contributed by atoms with E-state index in [0.717, 1.165) is 48.7 Å². The fraction of sp³-hybridized carbons (Fsp3) is 0.409. The highest BCUT2D eigenvalue weighted by atomic mass is 35.5. The van der Waals surface area contributed by atoms with Gasteiger partial charge in [-0.15, -0.1) is 10.2 Å². The second-order valence-electron chi connectivity index (χ2n) is 8.30. The SMILES string of the molecule is C[C@@H]1OCC2(CCN(c3ncc(Sc4cccc(-c5cnccn5)c4Cl)nn3)CC2)[C@@H]1N. The van der Waals surface area contributed by atoms with E-state index in [1.165, 1.54) is 11.8 Å². The Labute approximate surface area is 196 Å². The van der Waals surface area contributed by atoms with E-state index < -0.39 is 0 Å². The van der Waals surface area contributed by atoms with Crippen molar-refractivity contribution in [1.82, 2.24) is 25.1 Å². The average molecular weight is 470 g/mol. The molecule has 0 saturated carbocycles. The molecule has 2 atom stereocenters. The van der Waals surface area contributed by atoms with Crippen LogP contribution in [0.4, 0.5) is 5.95 Å². The lowest BCUT2D eigenvalue weighted by molar-refractivity contribution is 0.0973. The Bertz CT molecular complexity index is 1080. The zero-order valence-electron chi connectivity index (χ0n) is 17.7. The highest BCUT2D eigenvalue weighted by Gasteiger charge is 2.47. The summed E-state index contributed by atoms with van der Waals surface area (Å²) in [4.78, 5) is 16.1. The number of halogens is 1. The van der Waals surface area contributed by atoms with Crippen molar-refractivity contribution in [3.05, 3.63) is 48.0 Å². The largest absolute Gasteiger partial charge is 0.376 e. The summed E-state index contributed by atoms with van der Waals surface area (Å²) in [5.41, 5.74) is 8.04. The molecule has 0 amide bonds. The van der Waals surface area contributed by atoms with Crippen LogP contribution in [-0.2, 0) is 4.74 Å². The Morgan fingerprint density at radius 2 is 2.00 bits per heavy atom. The van der Waals surface area contributed by atoms with Crippen molar-refractivity contribution < 1.29 is 4.74 Å². The van der Waals surface area contributed by atoms with Gasteiger partial charge in [-0.2, -0.15) is 0 Å². The van der Waals surface area contributed by atoms with Gasteiger partial charge in [0, 0.05) is 47.4 Å². The molecule has 166 valence electrons. The molecule has 10 heteroatoms. The number of hydrogen-bond donors (Lipinski definition) is 1. The molecule has 2 fully saturated rings. The minimum Gasteiger partial charge on any atom is -0.376 e. The van der Waals surface area contributed by atoms with E-state index in [4.69, 9.17) is 22.1 Å². The molecule has 2 N–H and O–H groups in total. The van der Waals surface area contributed by atoms with Gasteiger partial charge in [0.15, 0.2) is 0 Å². The van der Waals surface area contributed by atoms with E-state index >= 15 is 0 Å². The van der Waals surface area contributed by atoms with Gasteiger partial charge < -0.3 is 15.4 Å². The van der Waals surface area contributed by atoms with Crippen LogP contribution in [0, 0.1) is 5.41 Å². The van der Waals surface area contributed by atoms with Crippen LogP contribution in [0.2, 0.25) is 5.02 Å². The van der Waals surface area contributed by atoms with Crippen molar-refractivity contribution in [2.24, 2.45) is 11.1 Å². The standard InChI is InChI=1S/C22H24ClN7OS/c1-14-20(24)22(13-31-14)5-9-30(10-6-22)21-27-12-18(28-29-21)32-17-4-2-3-15(19(17)23)16-11-25-7-8-26-16/h2-4,7-8,11-12,14,20H,5-6,9-10,13,24H2,1H3/t14-,20+/m0/s1.